The van der Waals surface area contributed by atoms with E-state index in [0.29, 0.717) is 5.56 Å². The Morgan fingerprint density at radius 3 is 3.10 bits per heavy atom. The van der Waals surface area contributed by atoms with Crippen molar-refractivity contribution in [3.05, 3.63) is 29.3 Å². The SMILES string of the molecule is [3H]c1cc2c(c([3H])c1O)C([3H])C([3H])[C@@H]1[C@@H]2CC[C@]2(C)[C@@H](O)CC[C@@H]12. The van der Waals surface area contributed by atoms with Crippen molar-refractivity contribution in [1.82, 2.24) is 0 Å². The highest BCUT2D eigenvalue weighted by Gasteiger charge is 2.54. The molecule has 2 heteroatoms. The number of aliphatic hydroxyl groups is 1. The van der Waals surface area contributed by atoms with Gasteiger partial charge in [-0.2, -0.15) is 0 Å². The fourth-order valence-corrected chi connectivity index (χ4v) is 4.91. The first kappa shape index (κ1) is 9.09. The predicted molar refractivity (Wildman–Crippen MR) is 78.7 cm³/mol. The van der Waals surface area contributed by atoms with Crippen LogP contribution in [0.4, 0.5) is 0 Å². The Morgan fingerprint density at radius 1 is 1.40 bits per heavy atom. The third kappa shape index (κ3) is 1.60. The Kier molecular flexibility index (Phi) is 1.93. The maximum Gasteiger partial charge on any atom is 0.115 e. The molecule has 2 N–H and O–H groups in total. The number of hydrogen-bond acceptors (Lipinski definition) is 2. The van der Waals surface area contributed by atoms with Crippen LogP contribution < -0.4 is 0 Å². The van der Waals surface area contributed by atoms with Gasteiger partial charge in [0, 0.05) is 2.74 Å². The number of phenols is 1. The van der Waals surface area contributed by atoms with Crippen LogP contribution in [0.5, 0.6) is 5.75 Å². The van der Waals surface area contributed by atoms with Crippen LogP contribution >= 0.6 is 0 Å². The van der Waals surface area contributed by atoms with E-state index in [4.69, 9.17) is 5.48 Å². The van der Waals surface area contributed by atoms with Crippen molar-refractivity contribution in [2.45, 2.75) is 57.4 Å². The Labute approximate surface area is 126 Å². The number of aromatic hydroxyl groups is 1. The molecule has 2 saturated carbocycles. The van der Waals surface area contributed by atoms with Crippen molar-refractivity contribution in [2.75, 3.05) is 0 Å². The Balaban J connectivity index is 1.86. The number of rotatable bonds is 0. The minimum atomic E-state index is -0.875. The maximum absolute atomic E-state index is 10.4. The summed E-state index contributed by atoms with van der Waals surface area (Å²) in [5, 5.41) is 20.4. The Hall–Kier alpha value is -1.02. The van der Waals surface area contributed by atoms with E-state index in [-0.39, 0.29) is 47.1 Å². The number of aliphatic hydroxyl groups excluding tert-OH is 1. The Morgan fingerprint density at radius 2 is 2.25 bits per heavy atom. The van der Waals surface area contributed by atoms with E-state index in [1.807, 2.05) is 0 Å². The summed E-state index contributed by atoms with van der Waals surface area (Å²) in [4.78, 5) is 0. The number of fused-ring (bicyclic) bond motifs is 5. The summed E-state index contributed by atoms with van der Waals surface area (Å²) in [6.45, 7) is 2.12. The average molecular weight is 280 g/mol. The predicted octanol–water partition coefficient (Wildman–Crippen LogP) is 3.61. The van der Waals surface area contributed by atoms with Crippen molar-refractivity contribution in [1.29, 1.82) is 0 Å². The quantitative estimate of drug-likeness (QED) is 0.762. The minimum absolute atomic E-state index is 0.0146. The zero-order valence-electron chi connectivity index (χ0n) is 15.8. The zero-order valence-corrected chi connectivity index (χ0v) is 11.8. The van der Waals surface area contributed by atoms with Gasteiger partial charge in [-0.05, 0) is 84.9 Å². The molecule has 1 aromatic carbocycles. The monoisotopic (exact) mass is 280 g/mol. The van der Waals surface area contributed by atoms with Crippen LogP contribution in [0.3, 0.4) is 0 Å². The normalized spacial score (nSPS) is 52.9. The van der Waals surface area contributed by atoms with E-state index in [0.717, 1.165) is 31.2 Å². The molecule has 108 valence electrons. The van der Waals surface area contributed by atoms with Gasteiger partial charge in [-0.15, -0.1) is 0 Å². The van der Waals surface area contributed by atoms with E-state index in [1.54, 1.807) is 6.07 Å². The first-order valence-corrected chi connectivity index (χ1v) is 7.63. The molecule has 0 spiro atoms. The van der Waals surface area contributed by atoms with Crippen molar-refractivity contribution < 1.29 is 15.7 Å². The van der Waals surface area contributed by atoms with Crippen LogP contribution in [0.2, 0.25) is 0 Å². The van der Waals surface area contributed by atoms with E-state index >= 15 is 0 Å². The first-order valence-electron chi connectivity index (χ1n) is 9.78. The molecule has 3 aliphatic carbocycles. The van der Waals surface area contributed by atoms with Crippen LogP contribution in [0.25, 0.3) is 0 Å². The van der Waals surface area contributed by atoms with Crippen molar-refractivity contribution in [3.8, 4) is 5.75 Å². The third-order valence-corrected chi connectivity index (χ3v) is 6.10. The number of hydrogen-bond donors (Lipinski definition) is 2. The van der Waals surface area contributed by atoms with Crippen LogP contribution in [0, 0.1) is 17.3 Å². The second-order valence-electron chi connectivity index (χ2n) is 6.92. The van der Waals surface area contributed by atoms with Crippen LogP contribution in [-0.2, 0) is 6.40 Å². The molecule has 0 bridgehead atoms. The van der Waals surface area contributed by atoms with Gasteiger partial charge >= 0.3 is 0 Å². The smallest absolute Gasteiger partial charge is 0.115 e. The van der Waals surface area contributed by atoms with E-state index in [9.17, 15) is 10.2 Å². The summed E-state index contributed by atoms with van der Waals surface area (Å²) in [7, 11) is 0. The molecule has 2 fully saturated rings. The van der Waals surface area contributed by atoms with Gasteiger partial charge in [0.25, 0.3) is 0 Å². The Bertz CT molecular complexity index is 694. The summed E-state index contributed by atoms with van der Waals surface area (Å²) in [6, 6.07) is 1.41. The maximum atomic E-state index is 10.4. The van der Waals surface area contributed by atoms with Crippen LogP contribution in [0.15, 0.2) is 18.2 Å². The molecule has 2 nitrogen and oxygen atoms in total. The highest BCUT2D eigenvalue weighted by atomic mass is 16.3. The number of phenolic OH excluding ortho intramolecular Hbond substituents is 1. The molecule has 20 heavy (non-hydrogen) atoms. The summed E-state index contributed by atoms with van der Waals surface area (Å²) in [6.07, 6.45) is 1.47. The fourth-order valence-electron chi connectivity index (χ4n) is 4.91. The van der Waals surface area contributed by atoms with Gasteiger partial charge in [0.05, 0.1) is 8.85 Å². The van der Waals surface area contributed by atoms with Crippen molar-refractivity contribution in [2.24, 2.45) is 17.3 Å². The molecular weight excluding hydrogens is 248 g/mol. The highest BCUT2D eigenvalue weighted by molar-refractivity contribution is 5.40. The molecule has 0 heterocycles. The van der Waals surface area contributed by atoms with Crippen molar-refractivity contribution >= 4 is 0 Å². The highest BCUT2D eigenvalue weighted by Crippen LogP contribution is 2.60. The van der Waals surface area contributed by atoms with Crippen LogP contribution in [-0.4, -0.2) is 16.3 Å². The molecule has 3 aliphatic rings. The average Bonchev–Trinajstić information content (AvgIpc) is 2.85. The summed E-state index contributed by atoms with van der Waals surface area (Å²) >= 11 is 0. The van der Waals surface area contributed by atoms with Gasteiger partial charge in [-0.1, -0.05) is 13.0 Å². The summed E-state index contributed by atoms with van der Waals surface area (Å²) in [5.41, 5.74) is 1.08. The molecule has 2 unspecified atom stereocenters. The second-order valence-corrected chi connectivity index (χ2v) is 6.92. The summed E-state index contributed by atoms with van der Waals surface area (Å²) < 4.78 is 33.3. The fraction of sp³-hybridized carbons (Fsp3) is 0.667. The van der Waals surface area contributed by atoms with Gasteiger partial charge in [0.15, 0.2) is 0 Å². The topological polar surface area (TPSA) is 40.5 Å². The number of benzene rings is 1. The molecule has 0 radical (unpaired) electrons. The molecule has 1 aromatic rings. The molecule has 0 saturated heterocycles. The van der Waals surface area contributed by atoms with Gasteiger partial charge in [0.2, 0.25) is 0 Å². The minimum Gasteiger partial charge on any atom is -0.508 e. The molecule has 7 atom stereocenters. The molecule has 0 aliphatic heterocycles. The van der Waals surface area contributed by atoms with Gasteiger partial charge in [0.1, 0.15) is 5.75 Å². The summed E-state index contributed by atoms with van der Waals surface area (Å²) in [5.74, 6) is -0.124. The van der Waals surface area contributed by atoms with E-state index < -0.39 is 12.8 Å². The van der Waals surface area contributed by atoms with Gasteiger partial charge in [-0.3, -0.25) is 0 Å². The third-order valence-electron chi connectivity index (χ3n) is 6.10. The lowest BCUT2D eigenvalue weighted by molar-refractivity contribution is -0.0226. The molecule has 0 aromatic heterocycles. The second kappa shape index (κ2) is 4.24. The molecular formula is C18H24O2. The van der Waals surface area contributed by atoms with E-state index in [2.05, 4.69) is 6.92 Å². The van der Waals surface area contributed by atoms with Crippen LogP contribution in [0.1, 0.15) is 61.5 Å². The molecule has 4 rings (SSSR count). The first-order chi connectivity index (χ1) is 11.3. The lowest BCUT2D eigenvalue weighted by atomic mass is 9.55. The van der Waals surface area contributed by atoms with Gasteiger partial charge in [-0.25, -0.2) is 0 Å². The van der Waals surface area contributed by atoms with Gasteiger partial charge < -0.3 is 10.2 Å². The lowest BCUT2D eigenvalue weighted by Crippen LogP contribution is -2.43. The standard InChI is InChI=1S/C18H24O2/c1-18-9-8-14-13-5-3-12(19)10-11(13)2-4-15(14)16(18)6-7-17(18)20/h3,5,10,14-17,19-20H,2,4,6-9H2,1H3/t14-,15-,16+,17+,18+/m1/s1/i2T,3T,4T,10T/t2?,4?,14-,15-,16+,17+,18+. The zero-order chi connectivity index (χ0) is 17.4. The molecule has 0 amide bonds. The van der Waals surface area contributed by atoms with Crippen molar-refractivity contribution in [3.63, 3.8) is 0 Å². The largest absolute Gasteiger partial charge is 0.508 e. The lowest BCUT2D eigenvalue weighted by Gasteiger charge is -2.50. The van der Waals surface area contributed by atoms with E-state index in [1.165, 1.54) is 0 Å².